The number of nitrogens with one attached hydrogen (secondary N) is 1. The quantitative estimate of drug-likeness (QED) is 0.782. The normalized spacial score (nSPS) is 16.0. The van der Waals surface area contributed by atoms with Gasteiger partial charge in [-0.15, -0.1) is 11.3 Å². The Morgan fingerprint density at radius 3 is 2.46 bits per heavy atom. The van der Waals surface area contributed by atoms with Gasteiger partial charge in [0.1, 0.15) is 4.75 Å². The number of rotatable bonds is 5. The minimum atomic E-state index is -3.56. The molecule has 1 amide bonds. The minimum absolute atomic E-state index is 0.384. The summed E-state index contributed by atoms with van der Waals surface area (Å²) in [4.78, 5) is 17.1. The number of halogens is 1. The molecular weight excluding hydrogens is 392 g/mol. The monoisotopic (exact) mass is 412 g/mol. The summed E-state index contributed by atoms with van der Waals surface area (Å²) in [5, 5.41) is 5.09. The number of hydrogen-bond acceptors (Lipinski definition) is 5. The van der Waals surface area contributed by atoms with Gasteiger partial charge < -0.3 is 5.32 Å². The summed E-state index contributed by atoms with van der Waals surface area (Å²) in [6, 6.07) is 7.23. The van der Waals surface area contributed by atoms with Crippen molar-refractivity contribution >= 4 is 43.8 Å². The lowest BCUT2D eigenvalue weighted by atomic mass is 10.2. The molecule has 0 saturated heterocycles. The molecule has 0 radical (unpaired) electrons. The molecule has 0 aliphatic heterocycles. The summed E-state index contributed by atoms with van der Waals surface area (Å²) < 4.78 is 24.2. The number of sulfone groups is 1. The van der Waals surface area contributed by atoms with Crippen molar-refractivity contribution in [2.24, 2.45) is 0 Å². The van der Waals surface area contributed by atoms with E-state index in [1.54, 1.807) is 12.1 Å². The van der Waals surface area contributed by atoms with Gasteiger partial charge >= 0.3 is 0 Å². The smallest absolute Gasteiger partial charge is 0.247 e. The zero-order chi connectivity index (χ0) is 18.9. The van der Waals surface area contributed by atoms with Crippen LogP contribution < -0.4 is 5.32 Å². The molecule has 1 aromatic heterocycles. The Morgan fingerprint density at radius 1 is 1.23 bits per heavy atom. The highest BCUT2D eigenvalue weighted by Gasteiger charge is 2.47. The number of carbonyl (C=O) groups is 1. The molecule has 0 spiro atoms. The minimum Gasteiger partial charge on any atom is -0.301 e. The van der Waals surface area contributed by atoms with Gasteiger partial charge in [0.15, 0.2) is 15.0 Å². The van der Waals surface area contributed by atoms with Gasteiger partial charge in [-0.1, -0.05) is 36.6 Å². The molecular formula is C18H21ClN2O3S2. The highest BCUT2D eigenvalue weighted by Crippen LogP contribution is 2.33. The molecule has 0 atom stereocenters. The second kappa shape index (κ2) is 7.29. The van der Waals surface area contributed by atoms with Gasteiger partial charge in [-0.25, -0.2) is 13.4 Å². The maximum atomic E-state index is 12.9. The van der Waals surface area contributed by atoms with Crippen LogP contribution in [0.3, 0.4) is 0 Å². The molecule has 0 bridgehead atoms. The summed E-state index contributed by atoms with van der Waals surface area (Å²) in [7, 11) is -3.56. The van der Waals surface area contributed by atoms with Crippen molar-refractivity contribution in [2.75, 3.05) is 5.32 Å². The lowest BCUT2D eigenvalue weighted by Crippen LogP contribution is -2.48. The number of anilines is 1. The molecule has 1 fully saturated rings. The third-order valence-electron chi connectivity index (χ3n) is 4.86. The summed E-state index contributed by atoms with van der Waals surface area (Å²) in [6.45, 7) is 2.95. The van der Waals surface area contributed by atoms with Gasteiger partial charge in [-0.3, -0.25) is 4.79 Å². The maximum absolute atomic E-state index is 12.9. The first kappa shape index (κ1) is 19.3. The lowest BCUT2D eigenvalue weighted by molar-refractivity contribution is -0.117. The van der Waals surface area contributed by atoms with Crippen molar-refractivity contribution in [2.45, 2.75) is 49.5 Å². The van der Waals surface area contributed by atoms with Crippen molar-refractivity contribution in [3.05, 3.63) is 34.7 Å². The van der Waals surface area contributed by atoms with E-state index in [0.717, 1.165) is 18.4 Å². The Bertz CT molecular complexity index is 899. The summed E-state index contributed by atoms with van der Waals surface area (Å²) >= 11 is 7.15. The molecule has 3 rings (SSSR count). The Balaban J connectivity index is 1.76. The molecule has 0 unspecified atom stereocenters. The summed E-state index contributed by atoms with van der Waals surface area (Å²) in [5.41, 5.74) is 1.59. The van der Waals surface area contributed by atoms with E-state index < -0.39 is 25.7 Å². The van der Waals surface area contributed by atoms with E-state index in [0.29, 0.717) is 28.7 Å². The highest BCUT2D eigenvalue weighted by molar-refractivity contribution is 7.94. The lowest BCUT2D eigenvalue weighted by Gasteiger charge is -2.26. The molecule has 1 aliphatic rings. The zero-order valence-corrected chi connectivity index (χ0v) is 17.0. The molecule has 26 heavy (non-hydrogen) atoms. The topological polar surface area (TPSA) is 76.1 Å². The fourth-order valence-corrected chi connectivity index (χ4v) is 6.01. The molecule has 2 aromatic rings. The number of benzene rings is 1. The average molecular weight is 413 g/mol. The Labute approximate surface area is 162 Å². The highest BCUT2D eigenvalue weighted by atomic mass is 35.5. The maximum Gasteiger partial charge on any atom is 0.247 e. The Hall–Kier alpha value is -1.44. The summed E-state index contributed by atoms with van der Waals surface area (Å²) in [6.07, 6.45) is 3.07. The van der Waals surface area contributed by atoms with Crippen molar-refractivity contribution in [1.82, 2.24) is 4.98 Å². The van der Waals surface area contributed by atoms with Crippen molar-refractivity contribution in [3.8, 4) is 11.3 Å². The largest absolute Gasteiger partial charge is 0.301 e. The van der Waals surface area contributed by atoms with Gasteiger partial charge in [0, 0.05) is 16.0 Å². The second-order valence-corrected chi connectivity index (χ2v) is 11.0. The van der Waals surface area contributed by atoms with E-state index >= 15 is 0 Å². The predicted octanol–water partition coefficient (Wildman–Crippen LogP) is 4.54. The first-order valence-electron chi connectivity index (χ1n) is 8.48. The van der Waals surface area contributed by atoms with Gasteiger partial charge in [-0.2, -0.15) is 0 Å². The van der Waals surface area contributed by atoms with Crippen LogP contribution in [0.4, 0.5) is 5.13 Å². The van der Waals surface area contributed by atoms with E-state index in [1.165, 1.54) is 25.2 Å². The van der Waals surface area contributed by atoms with Gasteiger partial charge in [0.2, 0.25) is 5.91 Å². The average Bonchev–Trinajstić information content (AvgIpc) is 3.27. The second-order valence-electron chi connectivity index (χ2n) is 6.96. The standard InChI is InChI=1S/C18H21ClN2O3S2/c1-18(2,26(23,24)14-5-3-4-6-14)16(22)21-17-20-15(11-25-17)12-7-9-13(19)10-8-12/h7-11,14H,3-6H2,1-2H3,(H,20,21,22). The molecule has 1 aromatic carbocycles. The Kier molecular flexibility index (Phi) is 5.42. The van der Waals surface area contributed by atoms with E-state index in [2.05, 4.69) is 10.3 Å². The van der Waals surface area contributed by atoms with Crippen LogP contribution in [-0.2, 0) is 14.6 Å². The number of hydrogen-bond donors (Lipinski definition) is 1. The molecule has 1 heterocycles. The van der Waals surface area contributed by atoms with Crippen LogP contribution in [0.15, 0.2) is 29.6 Å². The predicted molar refractivity (Wildman–Crippen MR) is 106 cm³/mol. The van der Waals surface area contributed by atoms with Crippen LogP contribution >= 0.6 is 22.9 Å². The number of carbonyl (C=O) groups excluding carboxylic acids is 1. The van der Waals surface area contributed by atoms with Crippen molar-refractivity contribution in [3.63, 3.8) is 0 Å². The molecule has 5 nitrogen and oxygen atoms in total. The Morgan fingerprint density at radius 2 is 1.85 bits per heavy atom. The molecule has 1 aliphatic carbocycles. The third kappa shape index (κ3) is 3.66. The number of amides is 1. The molecule has 1 N–H and O–H groups in total. The van der Waals surface area contributed by atoms with E-state index in [-0.39, 0.29) is 0 Å². The van der Waals surface area contributed by atoms with Crippen LogP contribution in [0, 0.1) is 0 Å². The van der Waals surface area contributed by atoms with Gasteiger partial charge in [-0.05, 0) is 38.8 Å². The van der Waals surface area contributed by atoms with Crippen LogP contribution in [-0.4, -0.2) is 29.3 Å². The van der Waals surface area contributed by atoms with Crippen molar-refractivity contribution < 1.29 is 13.2 Å². The van der Waals surface area contributed by atoms with Crippen LogP contribution in [0.5, 0.6) is 0 Å². The number of nitrogens with zero attached hydrogens (tertiary/aromatic N) is 1. The van der Waals surface area contributed by atoms with E-state index in [4.69, 9.17) is 11.6 Å². The number of thiazole rings is 1. The third-order valence-corrected chi connectivity index (χ3v) is 8.83. The fraction of sp³-hybridized carbons (Fsp3) is 0.444. The SMILES string of the molecule is CC(C)(C(=O)Nc1nc(-c2ccc(Cl)cc2)cs1)S(=O)(=O)C1CCCC1. The summed E-state index contributed by atoms with van der Waals surface area (Å²) in [5.74, 6) is -0.540. The van der Waals surface area contributed by atoms with Gasteiger partial charge in [0.05, 0.1) is 10.9 Å². The fourth-order valence-electron chi connectivity index (χ4n) is 3.08. The first-order valence-corrected chi connectivity index (χ1v) is 11.3. The molecule has 1 saturated carbocycles. The van der Waals surface area contributed by atoms with E-state index in [9.17, 15) is 13.2 Å². The van der Waals surface area contributed by atoms with Crippen LogP contribution in [0.25, 0.3) is 11.3 Å². The number of aromatic nitrogens is 1. The van der Waals surface area contributed by atoms with Crippen LogP contribution in [0.2, 0.25) is 5.02 Å². The van der Waals surface area contributed by atoms with Crippen LogP contribution in [0.1, 0.15) is 39.5 Å². The van der Waals surface area contributed by atoms with Gasteiger partial charge in [0.25, 0.3) is 0 Å². The van der Waals surface area contributed by atoms with E-state index in [1.807, 2.05) is 17.5 Å². The zero-order valence-electron chi connectivity index (χ0n) is 14.7. The molecule has 8 heteroatoms. The molecule has 140 valence electrons. The first-order chi connectivity index (χ1) is 12.2. The van der Waals surface area contributed by atoms with Crippen molar-refractivity contribution in [1.29, 1.82) is 0 Å².